The van der Waals surface area contributed by atoms with Crippen LogP contribution in [0.25, 0.3) is 0 Å². The second-order valence-electron chi connectivity index (χ2n) is 2.41. The van der Waals surface area contributed by atoms with E-state index in [4.69, 9.17) is 0 Å². The molecule has 0 fully saturated rings. The molecule has 0 radical (unpaired) electrons. The first-order valence-electron chi connectivity index (χ1n) is 3.88. The lowest BCUT2D eigenvalue weighted by Crippen LogP contribution is -1.97. The smallest absolute Gasteiger partial charge is 0.356 e. The molecule has 7 heteroatoms. The highest BCUT2D eigenvalue weighted by Crippen LogP contribution is 2.09. The SMILES string of the molecule is COC(=O)CC#Cc1nc[nH]c1[N+](=O)[O-]. The first-order chi connectivity index (χ1) is 7.15. The van der Waals surface area contributed by atoms with Gasteiger partial charge in [-0.05, 0) is 10.8 Å². The number of hydrogen-bond donors (Lipinski definition) is 1. The lowest BCUT2D eigenvalue weighted by Gasteiger charge is -1.89. The molecule has 78 valence electrons. The summed E-state index contributed by atoms with van der Waals surface area (Å²) in [5.41, 5.74) is 0.00361. The predicted octanol–water partition coefficient (Wildman–Crippen LogP) is 0.232. The van der Waals surface area contributed by atoms with E-state index in [0.29, 0.717) is 0 Å². The van der Waals surface area contributed by atoms with E-state index in [1.807, 2.05) is 0 Å². The van der Waals surface area contributed by atoms with Crippen molar-refractivity contribution < 1.29 is 14.5 Å². The van der Waals surface area contributed by atoms with E-state index in [-0.39, 0.29) is 17.9 Å². The minimum absolute atomic E-state index is 0.00361. The van der Waals surface area contributed by atoms with E-state index in [9.17, 15) is 14.9 Å². The van der Waals surface area contributed by atoms with Crippen molar-refractivity contribution in [3.63, 3.8) is 0 Å². The number of rotatable bonds is 2. The summed E-state index contributed by atoms with van der Waals surface area (Å²) in [6.45, 7) is 0. The van der Waals surface area contributed by atoms with Gasteiger partial charge in [0.25, 0.3) is 0 Å². The van der Waals surface area contributed by atoms with E-state index in [0.717, 1.165) is 0 Å². The molecule has 0 aliphatic heterocycles. The Labute approximate surface area is 84.6 Å². The number of nitro groups is 1. The number of ether oxygens (including phenoxy) is 1. The summed E-state index contributed by atoms with van der Waals surface area (Å²) in [4.78, 5) is 26.4. The molecule has 15 heavy (non-hydrogen) atoms. The lowest BCUT2D eigenvalue weighted by molar-refractivity contribution is -0.389. The van der Waals surface area contributed by atoms with Crippen molar-refractivity contribution in [2.45, 2.75) is 6.42 Å². The molecule has 1 heterocycles. The van der Waals surface area contributed by atoms with Crippen LogP contribution in [0.1, 0.15) is 12.1 Å². The number of carbonyl (C=O) groups is 1. The molecule has 0 saturated heterocycles. The van der Waals surface area contributed by atoms with Crippen LogP contribution in [0.2, 0.25) is 0 Å². The van der Waals surface area contributed by atoms with Crippen LogP contribution < -0.4 is 0 Å². The third-order valence-electron chi connectivity index (χ3n) is 1.47. The maximum absolute atomic E-state index is 10.7. The number of esters is 1. The molecule has 0 atom stereocenters. The Morgan fingerprint density at radius 2 is 2.53 bits per heavy atom. The number of aromatic amines is 1. The maximum Gasteiger partial charge on any atom is 0.356 e. The number of H-pyrrole nitrogens is 1. The van der Waals surface area contributed by atoms with Crippen molar-refractivity contribution in [3.05, 3.63) is 22.1 Å². The van der Waals surface area contributed by atoms with Gasteiger partial charge in [-0.25, -0.2) is 4.98 Å². The average molecular weight is 209 g/mol. The Morgan fingerprint density at radius 1 is 1.80 bits per heavy atom. The highest BCUT2D eigenvalue weighted by Gasteiger charge is 2.12. The Hall–Kier alpha value is -2.36. The molecule has 7 nitrogen and oxygen atoms in total. The van der Waals surface area contributed by atoms with Gasteiger partial charge < -0.3 is 14.9 Å². The Morgan fingerprint density at radius 3 is 3.13 bits per heavy atom. The zero-order valence-electron chi connectivity index (χ0n) is 7.81. The van der Waals surface area contributed by atoms with Gasteiger partial charge in [0.15, 0.2) is 6.33 Å². The van der Waals surface area contributed by atoms with Gasteiger partial charge >= 0.3 is 11.8 Å². The lowest BCUT2D eigenvalue weighted by atomic mass is 10.4. The summed E-state index contributed by atoms with van der Waals surface area (Å²) in [5.74, 6) is 4.04. The van der Waals surface area contributed by atoms with Crippen LogP contribution in [0.15, 0.2) is 6.33 Å². The van der Waals surface area contributed by atoms with E-state index in [2.05, 4.69) is 26.5 Å². The van der Waals surface area contributed by atoms with Crippen LogP contribution in [-0.2, 0) is 9.53 Å². The topological polar surface area (TPSA) is 98.1 Å². The van der Waals surface area contributed by atoms with Crippen LogP contribution in [0.5, 0.6) is 0 Å². The van der Waals surface area contributed by atoms with Crippen LogP contribution in [0.4, 0.5) is 5.82 Å². The van der Waals surface area contributed by atoms with E-state index in [1.165, 1.54) is 13.4 Å². The predicted molar refractivity (Wildman–Crippen MR) is 48.8 cm³/mol. The second kappa shape index (κ2) is 4.76. The van der Waals surface area contributed by atoms with Crippen LogP contribution >= 0.6 is 0 Å². The molecule has 1 aromatic heterocycles. The maximum atomic E-state index is 10.7. The first-order valence-corrected chi connectivity index (χ1v) is 3.88. The quantitative estimate of drug-likeness (QED) is 0.325. The summed E-state index contributed by atoms with van der Waals surface area (Å²) < 4.78 is 4.34. The summed E-state index contributed by atoms with van der Waals surface area (Å²) in [6, 6.07) is 0. The monoisotopic (exact) mass is 209 g/mol. The molecule has 0 spiro atoms. The molecule has 0 bridgehead atoms. The summed E-state index contributed by atoms with van der Waals surface area (Å²) in [5, 5.41) is 10.4. The summed E-state index contributed by atoms with van der Waals surface area (Å²) >= 11 is 0. The largest absolute Gasteiger partial charge is 0.468 e. The molecule has 0 saturated carbocycles. The second-order valence-corrected chi connectivity index (χ2v) is 2.41. The molecule has 0 aliphatic rings. The third-order valence-corrected chi connectivity index (χ3v) is 1.47. The molecule has 0 aliphatic carbocycles. The van der Waals surface area contributed by atoms with Crippen molar-refractivity contribution in [3.8, 4) is 11.8 Å². The van der Waals surface area contributed by atoms with Crippen LogP contribution in [0, 0.1) is 22.0 Å². The number of hydrogen-bond acceptors (Lipinski definition) is 5. The average Bonchev–Trinajstić information content (AvgIpc) is 2.65. The fourth-order valence-corrected chi connectivity index (χ4v) is 0.790. The fraction of sp³-hybridized carbons (Fsp3) is 0.250. The molecule has 1 N–H and O–H groups in total. The van der Waals surface area contributed by atoms with Crippen molar-refractivity contribution >= 4 is 11.8 Å². The number of carbonyl (C=O) groups excluding carboxylic acids is 1. The first kappa shape index (κ1) is 10.7. The van der Waals surface area contributed by atoms with Gasteiger partial charge in [0, 0.05) is 0 Å². The number of methoxy groups -OCH3 is 1. The van der Waals surface area contributed by atoms with Crippen LogP contribution in [-0.4, -0.2) is 28.0 Å². The number of nitrogens with zero attached hydrogens (tertiary/aromatic N) is 2. The highest BCUT2D eigenvalue weighted by molar-refractivity contribution is 5.72. The highest BCUT2D eigenvalue weighted by atomic mass is 16.6. The molecule has 0 aromatic carbocycles. The molecule has 1 aromatic rings. The van der Waals surface area contributed by atoms with E-state index in [1.54, 1.807) is 0 Å². The summed E-state index contributed by atoms with van der Waals surface area (Å²) in [7, 11) is 1.24. The number of aromatic nitrogens is 2. The minimum Gasteiger partial charge on any atom is -0.468 e. The molecular formula is C8H7N3O4. The van der Waals surface area contributed by atoms with Gasteiger partial charge in [-0.2, -0.15) is 4.98 Å². The van der Waals surface area contributed by atoms with Gasteiger partial charge in [0.2, 0.25) is 5.69 Å². The number of nitrogens with one attached hydrogen (secondary N) is 1. The fourth-order valence-electron chi connectivity index (χ4n) is 0.790. The van der Waals surface area contributed by atoms with E-state index < -0.39 is 10.9 Å². The van der Waals surface area contributed by atoms with Gasteiger partial charge in [0.05, 0.1) is 7.11 Å². The summed E-state index contributed by atoms with van der Waals surface area (Å²) in [6.07, 6.45) is 1.04. The zero-order valence-corrected chi connectivity index (χ0v) is 7.81. The Balaban J connectivity index is 2.76. The zero-order chi connectivity index (χ0) is 11.3. The normalized spacial score (nSPS) is 8.87. The van der Waals surface area contributed by atoms with Crippen molar-refractivity contribution in [2.75, 3.05) is 7.11 Å². The van der Waals surface area contributed by atoms with Crippen molar-refractivity contribution in [1.29, 1.82) is 0 Å². The molecule has 0 amide bonds. The third kappa shape index (κ3) is 2.80. The minimum atomic E-state index is -0.630. The van der Waals surface area contributed by atoms with Crippen LogP contribution in [0.3, 0.4) is 0 Å². The number of imidazole rings is 1. The molecule has 1 rings (SSSR count). The van der Waals surface area contributed by atoms with Gasteiger partial charge in [-0.15, -0.1) is 0 Å². The Bertz CT molecular complexity index is 440. The van der Waals surface area contributed by atoms with Crippen molar-refractivity contribution in [2.24, 2.45) is 0 Å². The standard InChI is InChI=1S/C8H7N3O4/c1-15-7(12)4-2-3-6-8(11(13)14)10-5-9-6/h5H,4H2,1H3,(H,9,10). The molecular weight excluding hydrogens is 202 g/mol. The van der Waals surface area contributed by atoms with Crippen molar-refractivity contribution in [1.82, 2.24) is 9.97 Å². The van der Waals surface area contributed by atoms with E-state index >= 15 is 0 Å². The van der Waals surface area contributed by atoms with Gasteiger partial charge in [-0.3, -0.25) is 4.79 Å². The van der Waals surface area contributed by atoms with Gasteiger partial charge in [-0.1, -0.05) is 5.92 Å². The molecule has 0 unspecified atom stereocenters. The Kier molecular flexibility index (Phi) is 3.40. The van der Waals surface area contributed by atoms with Gasteiger partial charge in [0.1, 0.15) is 6.42 Å².